The van der Waals surface area contributed by atoms with Gasteiger partial charge in [-0.1, -0.05) is 6.42 Å². The van der Waals surface area contributed by atoms with Crippen LogP contribution in [0.5, 0.6) is 0 Å². The molecule has 3 heterocycles. The van der Waals surface area contributed by atoms with Crippen molar-refractivity contribution in [1.29, 1.82) is 0 Å². The molecule has 3 heteroatoms. The Morgan fingerprint density at radius 2 is 1.83 bits per heavy atom. The van der Waals surface area contributed by atoms with Crippen LogP contribution in [0.1, 0.15) is 38.5 Å². The number of nitrogens with one attached hydrogen (secondary N) is 1. The van der Waals surface area contributed by atoms with E-state index in [1.807, 2.05) is 0 Å². The van der Waals surface area contributed by atoms with Crippen LogP contribution in [0.15, 0.2) is 0 Å². The van der Waals surface area contributed by atoms with Gasteiger partial charge in [-0.3, -0.25) is 4.90 Å². The zero-order chi connectivity index (χ0) is 12.2. The average molecular weight is 251 g/mol. The van der Waals surface area contributed by atoms with Gasteiger partial charge < -0.3 is 10.2 Å². The van der Waals surface area contributed by atoms with Gasteiger partial charge in [0, 0.05) is 19.1 Å². The summed E-state index contributed by atoms with van der Waals surface area (Å²) in [5, 5.41) is 3.55. The van der Waals surface area contributed by atoms with E-state index >= 15 is 0 Å². The van der Waals surface area contributed by atoms with E-state index in [4.69, 9.17) is 0 Å². The molecule has 0 aromatic rings. The smallest absolute Gasteiger partial charge is 0.0235 e. The van der Waals surface area contributed by atoms with Gasteiger partial charge in [0.25, 0.3) is 0 Å². The van der Waals surface area contributed by atoms with Crippen LogP contribution in [-0.2, 0) is 0 Å². The van der Waals surface area contributed by atoms with Crippen molar-refractivity contribution in [2.24, 2.45) is 5.92 Å². The maximum absolute atomic E-state index is 3.55. The number of hydrogen-bond donors (Lipinski definition) is 1. The molecule has 3 fully saturated rings. The molecule has 0 bridgehead atoms. The van der Waals surface area contributed by atoms with Crippen molar-refractivity contribution in [2.75, 3.05) is 45.8 Å². The fourth-order valence-corrected chi connectivity index (χ4v) is 4.00. The topological polar surface area (TPSA) is 18.5 Å². The highest BCUT2D eigenvalue weighted by molar-refractivity contribution is 4.86. The van der Waals surface area contributed by atoms with Crippen LogP contribution in [0.2, 0.25) is 0 Å². The number of nitrogens with zero attached hydrogens (tertiary/aromatic N) is 2. The highest BCUT2D eigenvalue weighted by Crippen LogP contribution is 2.22. The first-order valence-corrected chi connectivity index (χ1v) is 8.09. The SMILES string of the molecule is C1CCN(C2CCN(CC3CCCNC3)C2)CC1. The van der Waals surface area contributed by atoms with Gasteiger partial charge in [0.15, 0.2) is 0 Å². The van der Waals surface area contributed by atoms with Crippen molar-refractivity contribution < 1.29 is 0 Å². The lowest BCUT2D eigenvalue weighted by Crippen LogP contribution is -2.42. The Labute approximate surface area is 112 Å². The fourth-order valence-electron chi connectivity index (χ4n) is 4.00. The van der Waals surface area contributed by atoms with E-state index in [1.54, 1.807) is 0 Å². The number of piperidine rings is 2. The maximum Gasteiger partial charge on any atom is 0.0235 e. The van der Waals surface area contributed by atoms with Crippen molar-refractivity contribution in [3.05, 3.63) is 0 Å². The molecule has 3 nitrogen and oxygen atoms in total. The zero-order valence-corrected chi connectivity index (χ0v) is 11.7. The molecule has 18 heavy (non-hydrogen) atoms. The number of hydrogen-bond acceptors (Lipinski definition) is 3. The van der Waals surface area contributed by atoms with Crippen molar-refractivity contribution in [2.45, 2.75) is 44.6 Å². The Bertz CT molecular complexity index is 244. The summed E-state index contributed by atoms with van der Waals surface area (Å²) in [7, 11) is 0. The van der Waals surface area contributed by atoms with Crippen LogP contribution in [0.25, 0.3) is 0 Å². The van der Waals surface area contributed by atoms with Crippen LogP contribution < -0.4 is 5.32 Å². The highest BCUT2D eigenvalue weighted by atomic mass is 15.3. The summed E-state index contributed by atoms with van der Waals surface area (Å²) >= 11 is 0. The third-order valence-electron chi connectivity index (χ3n) is 5.07. The largest absolute Gasteiger partial charge is 0.316 e. The molecule has 0 aliphatic carbocycles. The molecule has 0 aromatic heterocycles. The average Bonchev–Trinajstić information content (AvgIpc) is 2.89. The van der Waals surface area contributed by atoms with Gasteiger partial charge in [-0.05, 0) is 70.7 Å². The minimum atomic E-state index is 0.877. The summed E-state index contributed by atoms with van der Waals surface area (Å²) < 4.78 is 0. The lowest BCUT2D eigenvalue weighted by atomic mass is 9.99. The molecule has 0 saturated carbocycles. The van der Waals surface area contributed by atoms with Gasteiger partial charge in [-0.25, -0.2) is 0 Å². The number of rotatable bonds is 3. The molecule has 2 unspecified atom stereocenters. The molecule has 3 aliphatic rings. The van der Waals surface area contributed by atoms with Gasteiger partial charge in [0.05, 0.1) is 0 Å². The van der Waals surface area contributed by atoms with Crippen LogP contribution in [0, 0.1) is 5.92 Å². The van der Waals surface area contributed by atoms with Crippen LogP contribution in [-0.4, -0.2) is 61.7 Å². The standard InChI is InChI=1S/C15H29N3/c1-2-8-18(9-3-1)15-6-10-17(13-15)12-14-5-4-7-16-11-14/h14-16H,1-13H2. The predicted molar refractivity (Wildman–Crippen MR) is 75.9 cm³/mol. The second-order valence-corrected chi connectivity index (χ2v) is 6.51. The Morgan fingerprint density at radius 3 is 2.61 bits per heavy atom. The molecule has 104 valence electrons. The first kappa shape index (κ1) is 12.9. The summed E-state index contributed by atoms with van der Waals surface area (Å²) in [6.45, 7) is 9.26. The van der Waals surface area contributed by atoms with Crippen molar-refractivity contribution in [1.82, 2.24) is 15.1 Å². The van der Waals surface area contributed by atoms with Gasteiger partial charge >= 0.3 is 0 Å². The van der Waals surface area contributed by atoms with E-state index in [0.717, 1.165) is 12.0 Å². The Hall–Kier alpha value is -0.120. The second-order valence-electron chi connectivity index (χ2n) is 6.51. The summed E-state index contributed by atoms with van der Waals surface area (Å²) in [6, 6.07) is 0.877. The van der Waals surface area contributed by atoms with Crippen LogP contribution in [0.4, 0.5) is 0 Å². The maximum atomic E-state index is 3.55. The van der Waals surface area contributed by atoms with Crippen LogP contribution in [0.3, 0.4) is 0 Å². The molecular formula is C15H29N3. The first-order valence-electron chi connectivity index (χ1n) is 8.09. The predicted octanol–water partition coefficient (Wildman–Crippen LogP) is 1.55. The first-order chi connectivity index (χ1) is 8.92. The number of likely N-dealkylation sites (tertiary alicyclic amines) is 2. The van der Waals surface area contributed by atoms with E-state index in [2.05, 4.69) is 15.1 Å². The summed E-state index contributed by atoms with van der Waals surface area (Å²) in [5.74, 6) is 0.916. The normalized spacial score (nSPS) is 36.0. The molecule has 0 radical (unpaired) electrons. The summed E-state index contributed by atoms with van der Waals surface area (Å²) in [4.78, 5) is 5.50. The molecule has 3 rings (SSSR count). The van der Waals surface area contributed by atoms with E-state index in [0.29, 0.717) is 0 Å². The third kappa shape index (κ3) is 3.25. The van der Waals surface area contributed by atoms with E-state index < -0.39 is 0 Å². The Morgan fingerprint density at radius 1 is 0.944 bits per heavy atom. The molecule has 2 atom stereocenters. The van der Waals surface area contributed by atoms with Gasteiger partial charge in [0.1, 0.15) is 0 Å². The molecule has 0 aromatic carbocycles. The van der Waals surface area contributed by atoms with E-state index in [9.17, 15) is 0 Å². The Kier molecular flexibility index (Phi) is 4.55. The van der Waals surface area contributed by atoms with Gasteiger partial charge in [-0.2, -0.15) is 0 Å². The third-order valence-corrected chi connectivity index (χ3v) is 5.07. The van der Waals surface area contributed by atoms with Gasteiger partial charge in [-0.15, -0.1) is 0 Å². The summed E-state index contributed by atoms with van der Waals surface area (Å²) in [5.41, 5.74) is 0. The molecule has 3 saturated heterocycles. The fraction of sp³-hybridized carbons (Fsp3) is 1.00. The lowest BCUT2D eigenvalue weighted by Gasteiger charge is -2.33. The minimum absolute atomic E-state index is 0.877. The van der Waals surface area contributed by atoms with E-state index in [-0.39, 0.29) is 0 Å². The van der Waals surface area contributed by atoms with Crippen molar-refractivity contribution in [3.8, 4) is 0 Å². The van der Waals surface area contributed by atoms with Crippen molar-refractivity contribution >= 4 is 0 Å². The highest BCUT2D eigenvalue weighted by Gasteiger charge is 2.29. The second kappa shape index (κ2) is 6.36. The summed E-state index contributed by atoms with van der Waals surface area (Å²) in [6.07, 6.45) is 8.57. The monoisotopic (exact) mass is 251 g/mol. The lowest BCUT2D eigenvalue weighted by molar-refractivity contribution is 0.156. The minimum Gasteiger partial charge on any atom is -0.316 e. The zero-order valence-electron chi connectivity index (χ0n) is 11.7. The van der Waals surface area contributed by atoms with E-state index in [1.165, 1.54) is 84.3 Å². The quantitative estimate of drug-likeness (QED) is 0.821. The molecule has 3 aliphatic heterocycles. The molecule has 0 amide bonds. The molecular weight excluding hydrogens is 222 g/mol. The Balaban J connectivity index is 1.42. The van der Waals surface area contributed by atoms with Crippen LogP contribution >= 0.6 is 0 Å². The molecule has 1 N–H and O–H groups in total. The molecule has 0 spiro atoms. The van der Waals surface area contributed by atoms with Crippen molar-refractivity contribution in [3.63, 3.8) is 0 Å². The van der Waals surface area contributed by atoms with Gasteiger partial charge in [0.2, 0.25) is 0 Å².